The molecule has 0 saturated carbocycles. The molecule has 0 unspecified atom stereocenters. The second kappa shape index (κ2) is 6.90. The molecule has 0 radical (unpaired) electrons. The molecule has 1 heterocycles. The van der Waals surface area contributed by atoms with Crippen LogP contribution in [0.5, 0.6) is 0 Å². The van der Waals surface area contributed by atoms with Crippen molar-refractivity contribution in [2.24, 2.45) is 5.41 Å². The van der Waals surface area contributed by atoms with Crippen LogP contribution in [0.25, 0.3) is 10.9 Å². The summed E-state index contributed by atoms with van der Waals surface area (Å²) < 4.78 is 1.39. The largest absolute Gasteiger partial charge is 0.385 e. The van der Waals surface area contributed by atoms with E-state index < -0.39 is 11.5 Å². The van der Waals surface area contributed by atoms with E-state index in [4.69, 9.17) is 11.6 Å². The van der Waals surface area contributed by atoms with Gasteiger partial charge in [0.2, 0.25) is 0 Å². The summed E-state index contributed by atoms with van der Waals surface area (Å²) in [6, 6.07) is 15.0. The number of aliphatic hydroxyl groups excluding tert-OH is 1. The van der Waals surface area contributed by atoms with Gasteiger partial charge in [-0.05, 0) is 35.1 Å². The number of hydrogen-bond acceptors (Lipinski definition) is 4. The van der Waals surface area contributed by atoms with Gasteiger partial charge in [0.1, 0.15) is 6.10 Å². The van der Waals surface area contributed by atoms with Crippen LogP contribution in [-0.4, -0.2) is 20.8 Å². The Kier molecular flexibility index (Phi) is 4.68. The number of aromatic nitrogens is 2. The Morgan fingerprint density at radius 2 is 1.86 bits per heavy atom. The van der Waals surface area contributed by atoms with Gasteiger partial charge in [-0.2, -0.15) is 0 Å². The van der Waals surface area contributed by atoms with Gasteiger partial charge in [0, 0.05) is 0 Å². The second-order valence-electron chi connectivity index (χ2n) is 8.44. The van der Waals surface area contributed by atoms with Gasteiger partial charge in [-0.1, -0.05) is 57.2 Å². The van der Waals surface area contributed by atoms with Crippen molar-refractivity contribution in [3.8, 4) is 0 Å². The number of aliphatic hydroxyl groups is 1. The standard InChI is InChI=1S/C22H24ClN3O2/c1-22(2,3)19(27)20-24-16-11-7-6-10-15(16)21(28)26(20)25-17-12-13-8-4-5-9-14(13)18(17)23/h4-11,17-19,25,27H,12H2,1-3H3/t17-,18-,19-/m1/s1. The van der Waals surface area contributed by atoms with Crippen LogP contribution in [0.15, 0.2) is 53.3 Å². The molecule has 1 aliphatic carbocycles. The summed E-state index contributed by atoms with van der Waals surface area (Å²) in [5.74, 6) is 0.302. The van der Waals surface area contributed by atoms with E-state index in [-0.39, 0.29) is 17.0 Å². The number of hydrogen-bond donors (Lipinski definition) is 2. The number of nitrogens with one attached hydrogen (secondary N) is 1. The number of para-hydroxylation sites is 1. The van der Waals surface area contributed by atoms with E-state index in [0.29, 0.717) is 23.1 Å². The first-order valence-corrected chi connectivity index (χ1v) is 9.89. The molecule has 2 N–H and O–H groups in total. The maximum atomic E-state index is 13.3. The number of rotatable bonds is 3. The van der Waals surface area contributed by atoms with Crippen molar-refractivity contribution in [3.05, 3.63) is 75.8 Å². The monoisotopic (exact) mass is 397 g/mol. The molecular weight excluding hydrogens is 374 g/mol. The summed E-state index contributed by atoms with van der Waals surface area (Å²) in [5, 5.41) is 11.2. The maximum absolute atomic E-state index is 13.3. The van der Waals surface area contributed by atoms with E-state index in [1.807, 2.05) is 51.1 Å². The van der Waals surface area contributed by atoms with E-state index in [1.54, 1.807) is 12.1 Å². The molecule has 4 rings (SSSR count). The highest BCUT2D eigenvalue weighted by Crippen LogP contribution is 2.37. The first-order valence-electron chi connectivity index (χ1n) is 9.45. The molecule has 0 saturated heterocycles. The van der Waals surface area contributed by atoms with Crippen LogP contribution in [-0.2, 0) is 6.42 Å². The molecule has 1 aromatic heterocycles. The molecule has 6 heteroatoms. The minimum Gasteiger partial charge on any atom is -0.385 e. The molecule has 1 aliphatic rings. The minimum atomic E-state index is -0.921. The fourth-order valence-corrected chi connectivity index (χ4v) is 4.03. The predicted molar refractivity (Wildman–Crippen MR) is 112 cm³/mol. The normalized spacial score (nSPS) is 20.2. The van der Waals surface area contributed by atoms with E-state index >= 15 is 0 Å². The fourth-order valence-electron chi connectivity index (χ4n) is 3.67. The number of alkyl halides is 1. The summed E-state index contributed by atoms with van der Waals surface area (Å²) in [4.78, 5) is 17.9. The lowest BCUT2D eigenvalue weighted by molar-refractivity contribution is 0.0516. The van der Waals surface area contributed by atoms with Gasteiger partial charge in [0.05, 0.1) is 22.3 Å². The summed E-state index contributed by atoms with van der Waals surface area (Å²) in [5.41, 5.74) is 5.36. The Morgan fingerprint density at radius 3 is 2.57 bits per heavy atom. The fraction of sp³-hybridized carbons (Fsp3) is 0.364. The van der Waals surface area contributed by atoms with Gasteiger partial charge in [-0.15, -0.1) is 11.6 Å². The van der Waals surface area contributed by atoms with Crippen molar-refractivity contribution in [2.75, 3.05) is 5.43 Å². The summed E-state index contributed by atoms with van der Waals surface area (Å²) in [6.07, 6.45) is -0.218. The lowest BCUT2D eigenvalue weighted by atomic mass is 9.88. The van der Waals surface area contributed by atoms with Crippen LogP contribution in [0.4, 0.5) is 0 Å². The van der Waals surface area contributed by atoms with Crippen LogP contribution >= 0.6 is 11.6 Å². The number of nitrogens with zero attached hydrogens (tertiary/aromatic N) is 2. The molecule has 0 fully saturated rings. The highest BCUT2D eigenvalue weighted by Gasteiger charge is 2.34. The number of benzene rings is 2. The third-order valence-electron chi connectivity index (χ3n) is 5.31. The zero-order valence-corrected chi connectivity index (χ0v) is 16.9. The van der Waals surface area contributed by atoms with E-state index in [9.17, 15) is 9.90 Å². The van der Waals surface area contributed by atoms with Crippen molar-refractivity contribution >= 4 is 22.5 Å². The van der Waals surface area contributed by atoms with Crippen LogP contribution < -0.4 is 11.0 Å². The average molecular weight is 398 g/mol. The molecule has 3 aromatic rings. The summed E-state index contributed by atoms with van der Waals surface area (Å²) >= 11 is 6.69. The van der Waals surface area contributed by atoms with Gasteiger partial charge in [0.25, 0.3) is 5.56 Å². The minimum absolute atomic E-state index is 0.175. The Balaban J connectivity index is 1.82. The van der Waals surface area contributed by atoms with E-state index in [1.165, 1.54) is 10.2 Å². The third kappa shape index (κ3) is 3.19. The maximum Gasteiger partial charge on any atom is 0.280 e. The zero-order valence-electron chi connectivity index (χ0n) is 16.2. The Bertz CT molecular complexity index is 1090. The zero-order chi connectivity index (χ0) is 20.1. The SMILES string of the molecule is CC(C)(C)[C@H](O)c1nc2ccccc2c(=O)n1N[C@@H]1Cc2ccccc2[C@H]1Cl. The first-order chi connectivity index (χ1) is 13.3. The van der Waals surface area contributed by atoms with Gasteiger partial charge < -0.3 is 10.5 Å². The second-order valence-corrected chi connectivity index (χ2v) is 8.91. The molecule has 0 aliphatic heterocycles. The predicted octanol–water partition coefficient (Wildman–Crippen LogP) is 3.92. The molecular formula is C22H24ClN3O2. The van der Waals surface area contributed by atoms with Crippen molar-refractivity contribution in [2.45, 2.75) is 44.7 Å². The third-order valence-corrected chi connectivity index (χ3v) is 5.85. The van der Waals surface area contributed by atoms with Gasteiger partial charge in [-0.3, -0.25) is 4.79 Å². The van der Waals surface area contributed by atoms with Crippen molar-refractivity contribution in [1.82, 2.24) is 9.66 Å². The molecule has 0 bridgehead atoms. The average Bonchev–Trinajstić information content (AvgIpc) is 2.98. The molecule has 146 valence electrons. The lowest BCUT2D eigenvalue weighted by Gasteiger charge is -2.29. The van der Waals surface area contributed by atoms with E-state index in [0.717, 1.165) is 5.56 Å². The summed E-state index contributed by atoms with van der Waals surface area (Å²) in [7, 11) is 0. The van der Waals surface area contributed by atoms with Gasteiger partial charge in [-0.25, -0.2) is 9.66 Å². The van der Waals surface area contributed by atoms with Crippen LogP contribution in [0.3, 0.4) is 0 Å². The number of fused-ring (bicyclic) bond motifs is 2. The summed E-state index contributed by atoms with van der Waals surface area (Å²) in [6.45, 7) is 5.75. The Morgan fingerprint density at radius 1 is 1.18 bits per heavy atom. The molecule has 3 atom stereocenters. The Labute approximate surface area is 169 Å². The lowest BCUT2D eigenvalue weighted by Crippen LogP contribution is -2.41. The van der Waals surface area contributed by atoms with Crippen LogP contribution in [0, 0.1) is 5.41 Å². The van der Waals surface area contributed by atoms with Gasteiger partial charge in [0.15, 0.2) is 5.82 Å². The Hall–Kier alpha value is -2.37. The molecule has 2 aromatic carbocycles. The molecule has 5 nitrogen and oxygen atoms in total. The van der Waals surface area contributed by atoms with E-state index in [2.05, 4.69) is 16.5 Å². The smallest absolute Gasteiger partial charge is 0.280 e. The van der Waals surface area contributed by atoms with Crippen LogP contribution in [0.1, 0.15) is 49.2 Å². The molecule has 28 heavy (non-hydrogen) atoms. The van der Waals surface area contributed by atoms with Crippen molar-refractivity contribution in [3.63, 3.8) is 0 Å². The highest BCUT2D eigenvalue weighted by atomic mass is 35.5. The van der Waals surface area contributed by atoms with Crippen molar-refractivity contribution in [1.29, 1.82) is 0 Å². The van der Waals surface area contributed by atoms with Crippen molar-refractivity contribution < 1.29 is 5.11 Å². The highest BCUT2D eigenvalue weighted by molar-refractivity contribution is 6.21. The van der Waals surface area contributed by atoms with Gasteiger partial charge >= 0.3 is 0 Å². The first kappa shape index (κ1) is 19.0. The number of halogens is 1. The van der Waals surface area contributed by atoms with Crippen LogP contribution in [0.2, 0.25) is 0 Å². The topological polar surface area (TPSA) is 67.2 Å². The molecule has 0 amide bonds. The molecule has 0 spiro atoms. The quantitative estimate of drug-likeness (QED) is 0.657.